The summed E-state index contributed by atoms with van der Waals surface area (Å²) in [6.45, 7) is 6.45. The molecule has 2 aromatic rings. The van der Waals surface area contributed by atoms with Crippen molar-refractivity contribution in [3.63, 3.8) is 0 Å². The third kappa shape index (κ3) is 8.12. The number of carboxylic acids is 1. The second-order valence-corrected chi connectivity index (χ2v) is 12.4. The molecule has 0 spiro atoms. The topological polar surface area (TPSA) is 188 Å². The summed E-state index contributed by atoms with van der Waals surface area (Å²) in [6, 6.07) is 4.90. The van der Waals surface area contributed by atoms with Gasteiger partial charge in [0.25, 0.3) is 11.8 Å². The van der Waals surface area contributed by atoms with Crippen molar-refractivity contribution >= 4 is 46.6 Å². The summed E-state index contributed by atoms with van der Waals surface area (Å²) in [4.78, 5) is 86.0. The number of carbonyl (C=O) groups excluding carboxylic acids is 5. The van der Waals surface area contributed by atoms with Crippen LogP contribution in [-0.4, -0.2) is 124 Å². The van der Waals surface area contributed by atoms with Crippen molar-refractivity contribution in [3.05, 3.63) is 35.5 Å². The molecule has 2 unspecified atom stereocenters. The van der Waals surface area contributed by atoms with Crippen molar-refractivity contribution < 1.29 is 43.3 Å². The van der Waals surface area contributed by atoms with Crippen LogP contribution in [0.2, 0.25) is 0 Å². The van der Waals surface area contributed by atoms with E-state index in [0.29, 0.717) is 30.3 Å². The van der Waals surface area contributed by atoms with Gasteiger partial charge in [0.05, 0.1) is 18.5 Å². The molecule has 3 fully saturated rings. The first-order chi connectivity index (χ1) is 22.9. The quantitative estimate of drug-likeness (QED) is 0.317. The minimum Gasteiger partial charge on any atom is -0.481 e. The zero-order chi connectivity index (χ0) is 34.5. The molecule has 48 heavy (non-hydrogen) atoms. The second kappa shape index (κ2) is 14.9. The molecule has 2 aliphatic heterocycles. The van der Waals surface area contributed by atoms with Crippen molar-refractivity contribution in [3.8, 4) is 5.75 Å². The average molecular weight is 667 g/mol. The summed E-state index contributed by atoms with van der Waals surface area (Å²) in [5.74, 6) is -3.02. The fourth-order valence-corrected chi connectivity index (χ4v) is 5.97. The summed E-state index contributed by atoms with van der Waals surface area (Å²) in [6.07, 6.45) is 0.972. The van der Waals surface area contributed by atoms with E-state index in [1.807, 2.05) is 13.0 Å². The highest BCUT2D eigenvalue weighted by Gasteiger charge is 2.39. The number of fused-ring (bicyclic) bond motifs is 1. The molecule has 15 nitrogen and oxygen atoms in total. The maximum absolute atomic E-state index is 13.6. The molecule has 5 rings (SSSR count). The number of rotatable bonds is 11. The van der Waals surface area contributed by atoms with Crippen LogP contribution in [0.15, 0.2) is 24.3 Å². The van der Waals surface area contributed by atoms with Crippen LogP contribution in [0.4, 0.5) is 4.79 Å². The number of carbonyl (C=O) groups is 6. The van der Waals surface area contributed by atoms with Gasteiger partial charge in [-0.3, -0.25) is 24.0 Å². The van der Waals surface area contributed by atoms with Crippen molar-refractivity contribution in [2.45, 2.75) is 77.1 Å². The molecule has 258 valence electrons. The number of benzene rings is 1. The first-order valence-electron chi connectivity index (χ1n) is 16.4. The Hall–Kier alpha value is -4.95. The zero-order valence-corrected chi connectivity index (χ0v) is 27.4. The third-order valence-electron chi connectivity index (χ3n) is 8.67. The van der Waals surface area contributed by atoms with Crippen LogP contribution in [0.5, 0.6) is 5.75 Å². The predicted molar refractivity (Wildman–Crippen MR) is 171 cm³/mol. The van der Waals surface area contributed by atoms with Gasteiger partial charge in [0.2, 0.25) is 11.8 Å². The van der Waals surface area contributed by atoms with Crippen molar-refractivity contribution in [1.29, 1.82) is 0 Å². The van der Waals surface area contributed by atoms with Gasteiger partial charge in [-0.15, -0.1) is 0 Å². The number of nitrogens with one attached hydrogen (secondary N) is 2. The van der Waals surface area contributed by atoms with Crippen LogP contribution in [0.3, 0.4) is 0 Å². The van der Waals surface area contributed by atoms with Crippen molar-refractivity contribution in [1.82, 2.24) is 30.3 Å². The van der Waals surface area contributed by atoms with Gasteiger partial charge in [0, 0.05) is 50.2 Å². The van der Waals surface area contributed by atoms with E-state index >= 15 is 0 Å². The van der Waals surface area contributed by atoms with E-state index in [2.05, 4.69) is 15.6 Å². The maximum Gasteiger partial charge on any atom is 0.409 e. The number of aromatic nitrogens is 1. The summed E-state index contributed by atoms with van der Waals surface area (Å²) in [5, 5.41) is 15.6. The minimum atomic E-state index is -1.40. The van der Waals surface area contributed by atoms with Crippen LogP contribution in [0.25, 0.3) is 10.9 Å². The second-order valence-electron chi connectivity index (χ2n) is 12.4. The number of piperazine rings is 1. The molecule has 1 aliphatic carbocycles. The number of pyridine rings is 1. The molecule has 0 radical (unpaired) electrons. The van der Waals surface area contributed by atoms with Gasteiger partial charge < -0.3 is 39.9 Å². The molecule has 3 atom stereocenters. The fourth-order valence-electron chi connectivity index (χ4n) is 5.97. The fraction of sp³-hybridized carbons (Fsp3) is 0.545. The molecule has 1 aromatic heterocycles. The first-order valence-corrected chi connectivity index (χ1v) is 16.4. The summed E-state index contributed by atoms with van der Waals surface area (Å²) < 4.78 is 11.2. The number of hydrogen-bond acceptors (Lipinski definition) is 9. The molecule has 3 heterocycles. The van der Waals surface area contributed by atoms with E-state index in [4.69, 9.17) is 9.47 Å². The zero-order valence-electron chi connectivity index (χ0n) is 27.4. The molecule has 5 amide bonds. The Morgan fingerprint density at radius 3 is 2.35 bits per heavy atom. The van der Waals surface area contributed by atoms with Gasteiger partial charge in [-0.25, -0.2) is 9.78 Å². The summed E-state index contributed by atoms with van der Waals surface area (Å²) in [5.41, 5.74) is 1.11. The lowest BCUT2D eigenvalue weighted by Crippen LogP contribution is -2.56. The molecule has 1 aromatic carbocycles. The van der Waals surface area contributed by atoms with Crippen molar-refractivity contribution in [2.75, 3.05) is 39.3 Å². The summed E-state index contributed by atoms with van der Waals surface area (Å²) in [7, 11) is 0. The molecule has 15 heteroatoms. The molecule has 2 saturated heterocycles. The van der Waals surface area contributed by atoms with E-state index in [9.17, 15) is 33.9 Å². The minimum absolute atomic E-state index is 0.138. The predicted octanol–water partition coefficient (Wildman–Crippen LogP) is 1.45. The molecule has 3 aliphatic rings. The van der Waals surface area contributed by atoms with E-state index in [1.165, 1.54) is 20.8 Å². The monoisotopic (exact) mass is 666 g/mol. The van der Waals surface area contributed by atoms with Gasteiger partial charge in [-0.05, 0) is 64.2 Å². The van der Waals surface area contributed by atoms with E-state index < -0.39 is 48.5 Å². The number of amides is 5. The highest BCUT2D eigenvalue weighted by Crippen LogP contribution is 2.29. The number of hydrogen-bond donors (Lipinski definition) is 3. The number of carboxylic acid groups (broad SMARTS) is 1. The normalized spacial score (nSPS) is 19.0. The first kappa shape index (κ1) is 34.4. The average Bonchev–Trinajstić information content (AvgIpc) is 3.73. The van der Waals surface area contributed by atoms with Crippen LogP contribution in [0, 0.1) is 6.92 Å². The Bertz CT molecular complexity index is 1590. The highest BCUT2D eigenvalue weighted by atomic mass is 16.6. The Morgan fingerprint density at radius 1 is 0.979 bits per heavy atom. The largest absolute Gasteiger partial charge is 0.481 e. The molecular weight excluding hydrogens is 624 g/mol. The molecule has 3 N–H and O–H groups in total. The van der Waals surface area contributed by atoms with Gasteiger partial charge >= 0.3 is 12.1 Å². The maximum atomic E-state index is 13.6. The number of nitrogens with zero attached hydrogens (tertiary/aromatic N) is 4. The SMILES string of the molecule is CCOC(=O)N1CCN(C(=O)C(CC(=O)O)NC(=O)c2cc(O[C@@H](C)C(=O)N3CCCC3C(=O)NC3CC3)c3ccc(C)cc3n2)CC1. The standard InChI is InChI=1S/C33H42N6O9/c1-4-47-33(46)38-14-12-37(13-15-38)32(45)25(18-28(40)41)36-29(42)24-17-27(22-10-7-19(2)16-23(22)35-24)48-20(3)31(44)39-11-5-6-26(39)30(43)34-21-8-9-21/h7,10,16-17,20-21,25-26H,4-6,8-9,11-15,18H2,1-3H3,(H,34,43)(H,36,42)(H,40,41)/t20-,25?,26?/m0/s1. The van der Waals surface area contributed by atoms with Crippen LogP contribution in [-0.2, 0) is 23.9 Å². The Balaban J connectivity index is 1.32. The number of likely N-dealkylation sites (tertiary alicyclic amines) is 1. The Labute approximate surface area is 277 Å². The van der Waals surface area contributed by atoms with Crippen LogP contribution in [0.1, 0.15) is 62.0 Å². The molecule has 1 saturated carbocycles. The lowest BCUT2D eigenvalue weighted by atomic mass is 10.1. The Morgan fingerprint density at radius 2 is 1.69 bits per heavy atom. The smallest absolute Gasteiger partial charge is 0.409 e. The highest BCUT2D eigenvalue weighted by molar-refractivity contribution is 6.00. The van der Waals surface area contributed by atoms with Gasteiger partial charge in [0.1, 0.15) is 23.5 Å². The molecular formula is C33H42N6O9. The van der Waals surface area contributed by atoms with Gasteiger partial charge in [-0.1, -0.05) is 6.07 Å². The Kier molecular flexibility index (Phi) is 10.6. The lowest BCUT2D eigenvalue weighted by molar-refractivity contribution is -0.143. The van der Waals surface area contributed by atoms with Gasteiger partial charge in [-0.2, -0.15) is 0 Å². The van der Waals surface area contributed by atoms with E-state index in [0.717, 1.165) is 18.4 Å². The van der Waals surface area contributed by atoms with E-state index in [1.54, 1.807) is 26.0 Å². The number of ether oxygens (including phenoxy) is 2. The van der Waals surface area contributed by atoms with Crippen LogP contribution < -0.4 is 15.4 Å². The third-order valence-corrected chi connectivity index (χ3v) is 8.67. The van der Waals surface area contributed by atoms with Gasteiger partial charge in [0.15, 0.2) is 6.10 Å². The number of aliphatic carboxylic acids is 1. The van der Waals surface area contributed by atoms with Crippen molar-refractivity contribution in [2.24, 2.45) is 0 Å². The van der Waals surface area contributed by atoms with Crippen LogP contribution >= 0.6 is 0 Å². The lowest BCUT2D eigenvalue weighted by Gasteiger charge is -2.35. The number of aryl methyl sites for hydroxylation is 1. The molecule has 0 bridgehead atoms. The summed E-state index contributed by atoms with van der Waals surface area (Å²) >= 11 is 0. The van der Waals surface area contributed by atoms with E-state index in [-0.39, 0.29) is 62.1 Å².